The Labute approximate surface area is 115 Å². The molecule has 0 amide bonds. The summed E-state index contributed by atoms with van der Waals surface area (Å²) in [5, 5.41) is 0. The van der Waals surface area contributed by atoms with Crippen LogP contribution in [0.1, 0.15) is 43.4 Å². The van der Waals surface area contributed by atoms with E-state index in [0.717, 1.165) is 24.0 Å². The molecule has 1 unspecified atom stereocenters. The third-order valence-corrected chi connectivity index (χ3v) is 3.44. The summed E-state index contributed by atoms with van der Waals surface area (Å²) in [5.41, 5.74) is 2.29. The standard InChI is InChI=1S/C14H15IO2/c1-2-4-14(16)17-13-6-3-5-10-9-11(15)7-8-12(10)13/h3,5,7-9,13H,2,4,6H2,1H3. The van der Waals surface area contributed by atoms with Crippen LogP contribution >= 0.6 is 22.6 Å². The van der Waals surface area contributed by atoms with Gasteiger partial charge in [-0.3, -0.25) is 4.79 Å². The van der Waals surface area contributed by atoms with Gasteiger partial charge in [-0.05, 0) is 46.7 Å². The van der Waals surface area contributed by atoms with Crippen LogP contribution in [0, 0.1) is 3.57 Å². The molecule has 2 rings (SSSR count). The second kappa shape index (κ2) is 5.67. The minimum Gasteiger partial charge on any atom is -0.457 e. The lowest BCUT2D eigenvalue weighted by Gasteiger charge is -2.22. The number of esters is 1. The summed E-state index contributed by atoms with van der Waals surface area (Å²) in [6.07, 6.45) is 6.18. The summed E-state index contributed by atoms with van der Waals surface area (Å²) in [4.78, 5) is 11.5. The van der Waals surface area contributed by atoms with Crippen molar-refractivity contribution in [3.63, 3.8) is 0 Å². The Morgan fingerprint density at radius 1 is 1.53 bits per heavy atom. The van der Waals surface area contributed by atoms with E-state index in [0.29, 0.717) is 6.42 Å². The maximum Gasteiger partial charge on any atom is 0.306 e. The monoisotopic (exact) mass is 342 g/mol. The van der Waals surface area contributed by atoms with E-state index in [2.05, 4.69) is 52.9 Å². The van der Waals surface area contributed by atoms with Crippen molar-refractivity contribution in [1.29, 1.82) is 0 Å². The zero-order valence-electron chi connectivity index (χ0n) is 9.78. The Morgan fingerprint density at radius 3 is 3.12 bits per heavy atom. The van der Waals surface area contributed by atoms with Crippen LogP contribution in [-0.4, -0.2) is 5.97 Å². The van der Waals surface area contributed by atoms with Crippen LogP contribution in [0.25, 0.3) is 6.08 Å². The fourth-order valence-corrected chi connectivity index (χ4v) is 2.48. The third-order valence-electron chi connectivity index (χ3n) is 2.77. The molecule has 0 N–H and O–H groups in total. The molecule has 1 aliphatic carbocycles. The molecule has 0 aliphatic heterocycles. The Kier molecular flexibility index (Phi) is 4.20. The third kappa shape index (κ3) is 3.09. The van der Waals surface area contributed by atoms with Crippen molar-refractivity contribution in [3.05, 3.63) is 39.0 Å². The smallest absolute Gasteiger partial charge is 0.306 e. The zero-order chi connectivity index (χ0) is 12.3. The van der Waals surface area contributed by atoms with Crippen molar-refractivity contribution in [2.24, 2.45) is 0 Å². The molecule has 1 aliphatic rings. The predicted molar refractivity (Wildman–Crippen MR) is 76.6 cm³/mol. The summed E-state index contributed by atoms with van der Waals surface area (Å²) in [6, 6.07) is 6.23. The molecule has 17 heavy (non-hydrogen) atoms. The maximum atomic E-state index is 11.5. The summed E-state index contributed by atoms with van der Waals surface area (Å²) < 4.78 is 6.71. The van der Waals surface area contributed by atoms with E-state index in [1.165, 1.54) is 3.57 Å². The Morgan fingerprint density at radius 2 is 2.35 bits per heavy atom. The minimum atomic E-state index is -0.106. The number of fused-ring (bicyclic) bond motifs is 1. The Hall–Kier alpha value is -0.840. The molecule has 0 saturated carbocycles. The number of benzene rings is 1. The van der Waals surface area contributed by atoms with Gasteiger partial charge < -0.3 is 4.74 Å². The molecule has 1 atom stereocenters. The molecule has 0 fully saturated rings. The number of carbonyl (C=O) groups is 1. The van der Waals surface area contributed by atoms with Crippen LogP contribution < -0.4 is 0 Å². The fourth-order valence-electron chi connectivity index (χ4n) is 1.96. The van der Waals surface area contributed by atoms with Crippen molar-refractivity contribution in [1.82, 2.24) is 0 Å². The molecule has 1 aromatic carbocycles. The molecule has 0 bridgehead atoms. The van der Waals surface area contributed by atoms with Gasteiger partial charge in [-0.15, -0.1) is 0 Å². The first kappa shape index (κ1) is 12.6. The van der Waals surface area contributed by atoms with E-state index in [1.54, 1.807) is 0 Å². The van der Waals surface area contributed by atoms with Gasteiger partial charge in [-0.2, -0.15) is 0 Å². The van der Waals surface area contributed by atoms with Gasteiger partial charge in [0.1, 0.15) is 6.10 Å². The average Bonchev–Trinajstić information content (AvgIpc) is 2.29. The molecule has 0 aromatic heterocycles. The van der Waals surface area contributed by atoms with Crippen LogP contribution in [0.4, 0.5) is 0 Å². The van der Waals surface area contributed by atoms with E-state index in [9.17, 15) is 4.79 Å². The lowest BCUT2D eigenvalue weighted by molar-refractivity contribution is -0.149. The van der Waals surface area contributed by atoms with Crippen molar-refractivity contribution < 1.29 is 9.53 Å². The van der Waals surface area contributed by atoms with Crippen LogP contribution in [0.2, 0.25) is 0 Å². The largest absolute Gasteiger partial charge is 0.457 e. The Bertz CT molecular complexity index is 452. The van der Waals surface area contributed by atoms with Crippen LogP contribution in [-0.2, 0) is 9.53 Å². The van der Waals surface area contributed by atoms with E-state index in [1.807, 2.05) is 6.92 Å². The highest BCUT2D eigenvalue weighted by molar-refractivity contribution is 14.1. The predicted octanol–water partition coefficient (Wildman–Crippen LogP) is 4.09. The van der Waals surface area contributed by atoms with Gasteiger partial charge in [0.15, 0.2) is 0 Å². The molecule has 2 nitrogen and oxygen atoms in total. The van der Waals surface area contributed by atoms with Crippen molar-refractivity contribution in [2.45, 2.75) is 32.3 Å². The molecule has 0 spiro atoms. The van der Waals surface area contributed by atoms with Crippen LogP contribution in [0.5, 0.6) is 0 Å². The molecular formula is C14H15IO2. The first-order chi connectivity index (χ1) is 8.20. The SMILES string of the molecule is CCCC(=O)OC1CC=Cc2cc(I)ccc21. The molecule has 3 heteroatoms. The van der Waals surface area contributed by atoms with Gasteiger partial charge >= 0.3 is 5.97 Å². The number of halogens is 1. The summed E-state index contributed by atoms with van der Waals surface area (Å²) >= 11 is 2.29. The van der Waals surface area contributed by atoms with E-state index in [-0.39, 0.29) is 12.1 Å². The summed E-state index contributed by atoms with van der Waals surface area (Å²) in [7, 11) is 0. The van der Waals surface area contributed by atoms with Gasteiger partial charge in [0.25, 0.3) is 0 Å². The van der Waals surface area contributed by atoms with Crippen LogP contribution in [0.3, 0.4) is 0 Å². The first-order valence-electron chi connectivity index (χ1n) is 5.86. The van der Waals surface area contributed by atoms with Crippen molar-refractivity contribution in [3.8, 4) is 0 Å². The summed E-state index contributed by atoms with van der Waals surface area (Å²) in [5.74, 6) is -0.0997. The lowest BCUT2D eigenvalue weighted by Crippen LogP contribution is -2.13. The van der Waals surface area contributed by atoms with Crippen molar-refractivity contribution >= 4 is 34.6 Å². The first-order valence-corrected chi connectivity index (χ1v) is 6.94. The average molecular weight is 342 g/mol. The molecular weight excluding hydrogens is 327 g/mol. The normalized spacial score (nSPS) is 17.6. The molecule has 0 saturated heterocycles. The number of hydrogen-bond acceptors (Lipinski definition) is 2. The van der Waals surface area contributed by atoms with E-state index >= 15 is 0 Å². The van der Waals surface area contributed by atoms with Gasteiger partial charge in [0, 0.05) is 22.0 Å². The molecule has 0 heterocycles. The fraction of sp³-hybridized carbons (Fsp3) is 0.357. The topological polar surface area (TPSA) is 26.3 Å². The maximum absolute atomic E-state index is 11.5. The van der Waals surface area contributed by atoms with Gasteiger partial charge in [0.2, 0.25) is 0 Å². The molecule has 1 aromatic rings. The number of hydrogen-bond donors (Lipinski definition) is 0. The number of ether oxygens (including phenoxy) is 1. The van der Waals surface area contributed by atoms with Gasteiger partial charge in [-0.25, -0.2) is 0 Å². The van der Waals surface area contributed by atoms with E-state index in [4.69, 9.17) is 4.74 Å². The highest BCUT2D eigenvalue weighted by Crippen LogP contribution is 2.32. The second-order valence-corrected chi connectivity index (χ2v) is 5.39. The van der Waals surface area contributed by atoms with Crippen LogP contribution in [0.15, 0.2) is 24.3 Å². The lowest BCUT2D eigenvalue weighted by atomic mass is 9.95. The second-order valence-electron chi connectivity index (χ2n) is 4.14. The molecule has 90 valence electrons. The highest BCUT2D eigenvalue weighted by Gasteiger charge is 2.20. The minimum absolute atomic E-state index is 0.0997. The zero-order valence-corrected chi connectivity index (χ0v) is 11.9. The van der Waals surface area contributed by atoms with Gasteiger partial charge in [-0.1, -0.05) is 25.1 Å². The highest BCUT2D eigenvalue weighted by atomic mass is 127. The number of carbonyl (C=O) groups excluding carboxylic acids is 1. The quantitative estimate of drug-likeness (QED) is 0.611. The number of rotatable bonds is 3. The van der Waals surface area contributed by atoms with E-state index < -0.39 is 0 Å². The Balaban J connectivity index is 2.17. The van der Waals surface area contributed by atoms with Gasteiger partial charge in [0.05, 0.1) is 0 Å². The molecule has 0 radical (unpaired) electrons. The van der Waals surface area contributed by atoms with Crippen molar-refractivity contribution in [2.75, 3.05) is 0 Å². The summed E-state index contributed by atoms with van der Waals surface area (Å²) in [6.45, 7) is 1.98.